The summed E-state index contributed by atoms with van der Waals surface area (Å²) in [5.41, 5.74) is 2.32. The molecule has 3 amide bonds. The average Bonchev–Trinajstić information content (AvgIpc) is 2.80. The highest BCUT2D eigenvalue weighted by Gasteiger charge is 2.35. The molecule has 0 heterocycles. The molecule has 8 heteroatoms. The molecule has 37 heavy (non-hydrogen) atoms. The first kappa shape index (κ1) is 30.2. The van der Waals surface area contributed by atoms with E-state index in [4.69, 9.17) is 16.3 Å². The Morgan fingerprint density at radius 1 is 1.03 bits per heavy atom. The van der Waals surface area contributed by atoms with Gasteiger partial charge < -0.3 is 20.3 Å². The summed E-state index contributed by atoms with van der Waals surface area (Å²) in [7, 11) is 0. The molecular formula is C29H40ClN3O4. The van der Waals surface area contributed by atoms with Crippen molar-refractivity contribution in [1.29, 1.82) is 0 Å². The van der Waals surface area contributed by atoms with E-state index >= 15 is 0 Å². The van der Waals surface area contributed by atoms with Crippen LogP contribution in [0.3, 0.4) is 0 Å². The van der Waals surface area contributed by atoms with Crippen molar-refractivity contribution in [2.45, 2.75) is 85.4 Å². The zero-order valence-electron chi connectivity index (χ0n) is 23.0. The van der Waals surface area contributed by atoms with Crippen LogP contribution in [0.4, 0.5) is 10.5 Å². The van der Waals surface area contributed by atoms with Gasteiger partial charge in [-0.15, -0.1) is 0 Å². The number of alkyl carbamates (subject to hydrolysis) is 1. The Labute approximate surface area is 225 Å². The third-order valence-corrected chi connectivity index (χ3v) is 6.13. The molecule has 0 fully saturated rings. The lowest BCUT2D eigenvalue weighted by Gasteiger charge is -2.34. The molecule has 2 rings (SSSR count). The lowest BCUT2D eigenvalue weighted by Crippen LogP contribution is -2.51. The Balaban J connectivity index is 2.46. The van der Waals surface area contributed by atoms with Crippen molar-refractivity contribution in [1.82, 2.24) is 10.2 Å². The number of carbonyl (C=O) groups excluding carboxylic acids is 3. The van der Waals surface area contributed by atoms with E-state index in [1.54, 1.807) is 38.7 Å². The Hall–Kier alpha value is -3.06. The van der Waals surface area contributed by atoms with Gasteiger partial charge in [0.05, 0.1) is 10.7 Å². The Morgan fingerprint density at radius 3 is 2.24 bits per heavy atom. The molecule has 202 valence electrons. The molecule has 0 aromatic heterocycles. The van der Waals surface area contributed by atoms with Crippen molar-refractivity contribution >= 4 is 35.2 Å². The standard InChI is InChI=1S/C29H40ClN3O4/c1-8-9-10-18-33(27(35)21(4)31-28(36)37-29(5,6)7)25(22-16-14-19(2)15-17-22)26(34)32-24-20(3)12-11-13-23(24)30/h11-17,21,25H,8-10,18H2,1-7H3,(H,31,36)(H,32,34). The molecule has 0 saturated heterocycles. The van der Waals surface area contributed by atoms with Gasteiger partial charge in [-0.05, 0) is 65.2 Å². The number of carbonyl (C=O) groups is 3. The van der Waals surface area contributed by atoms with Gasteiger partial charge in [0, 0.05) is 6.54 Å². The molecule has 0 aliphatic heterocycles. The largest absolute Gasteiger partial charge is 0.444 e. The molecule has 0 bridgehead atoms. The maximum Gasteiger partial charge on any atom is 0.408 e. The van der Waals surface area contributed by atoms with Crippen molar-refractivity contribution in [3.05, 3.63) is 64.2 Å². The van der Waals surface area contributed by atoms with Gasteiger partial charge in [0.25, 0.3) is 5.91 Å². The fourth-order valence-electron chi connectivity index (χ4n) is 3.90. The van der Waals surface area contributed by atoms with Gasteiger partial charge in [0.15, 0.2) is 0 Å². The summed E-state index contributed by atoms with van der Waals surface area (Å²) in [4.78, 5) is 41.5. The number of ether oxygens (including phenoxy) is 1. The van der Waals surface area contributed by atoms with E-state index in [0.717, 1.165) is 24.0 Å². The van der Waals surface area contributed by atoms with E-state index < -0.39 is 23.8 Å². The number of halogens is 1. The van der Waals surface area contributed by atoms with Crippen molar-refractivity contribution in [2.24, 2.45) is 0 Å². The minimum Gasteiger partial charge on any atom is -0.444 e. The number of benzene rings is 2. The van der Waals surface area contributed by atoms with Gasteiger partial charge in [-0.1, -0.05) is 73.3 Å². The second kappa shape index (κ2) is 13.5. The minimum absolute atomic E-state index is 0.348. The van der Waals surface area contributed by atoms with Crippen LogP contribution in [-0.2, 0) is 14.3 Å². The average molecular weight is 530 g/mol. The van der Waals surface area contributed by atoms with E-state index in [-0.39, 0.29) is 11.8 Å². The molecule has 0 spiro atoms. The number of hydrogen-bond donors (Lipinski definition) is 2. The van der Waals surface area contributed by atoms with Gasteiger partial charge in [-0.3, -0.25) is 9.59 Å². The molecule has 0 radical (unpaired) electrons. The molecule has 0 aliphatic rings. The number of hydrogen-bond acceptors (Lipinski definition) is 4. The molecule has 0 aliphatic carbocycles. The quantitative estimate of drug-likeness (QED) is 0.341. The fraction of sp³-hybridized carbons (Fsp3) is 0.483. The molecule has 0 saturated carbocycles. The summed E-state index contributed by atoms with van der Waals surface area (Å²) >= 11 is 6.39. The van der Waals surface area contributed by atoms with Gasteiger partial charge in [-0.25, -0.2) is 4.79 Å². The maximum absolute atomic E-state index is 13.8. The summed E-state index contributed by atoms with van der Waals surface area (Å²) in [5, 5.41) is 5.99. The SMILES string of the molecule is CCCCCN(C(=O)C(C)NC(=O)OC(C)(C)C)C(C(=O)Nc1c(C)cccc1Cl)c1ccc(C)cc1. The van der Waals surface area contributed by atoms with Crippen LogP contribution in [-0.4, -0.2) is 41.0 Å². The number of amides is 3. The van der Waals surface area contributed by atoms with Crippen LogP contribution in [0.1, 0.15) is 76.6 Å². The third kappa shape index (κ3) is 9.08. The number of unbranched alkanes of at least 4 members (excludes halogenated alkanes) is 2. The smallest absolute Gasteiger partial charge is 0.408 e. The molecule has 7 nitrogen and oxygen atoms in total. The van der Waals surface area contributed by atoms with Crippen molar-refractivity contribution in [2.75, 3.05) is 11.9 Å². The maximum atomic E-state index is 13.8. The molecule has 2 atom stereocenters. The first-order valence-electron chi connectivity index (χ1n) is 12.8. The second-order valence-electron chi connectivity index (χ2n) is 10.3. The molecule has 2 unspecified atom stereocenters. The summed E-state index contributed by atoms with van der Waals surface area (Å²) < 4.78 is 5.33. The fourth-order valence-corrected chi connectivity index (χ4v) is 4.17. The molecule has 2 aromatic rings. The van der Waals surface area contributed by atoms with E-state index in [1.165, 1.54) is 0 Å². The van der Waals surface area contributed by atoms with Gasteiger partial charge in [0.1, 0.15) is 17.7 Å². The predicted octanol–water partition coefficient (Wildman–Crippen LogP) is 6.57. The van der Waals surface area contributed by atoms with Gasteiger partial charge >= 0.3 is 6.09 Å². The van der Waals surface area contributed by atoms with Crippen LogP contribution in [0, 0.1) is 13.8 Å². The van der Waals surface area contributed by atoms with E-state index in [0.29, 0.717) is 29.2 Å². The molecule has 2 aromatic carbocycles. The monoisotopic (exact) mass is 529 g/mol. The Kier molecular flexibility index (Phi) is 11.0. The zero-order chi connectivity index (χ0) is 27.8. The topological polar surface area (TPSA) is 87.7 Å². The second-order valence-corrected chi connectivity index (χ2v) is 10.7. The van der Waals surface area contributed by atoms with Crippen LogP contribution < -0.4 is 10.6 Å². The highest BCUT2D eigenvalue weighted by atomic mass is 35.5. The zero-order valence-corrected chi connectivity index (χ0v) is 23.7. The van der Waals surface area contributed by atoms with Gasteiger partial charge in [0.2, 0.25) is 5.91 Å². The van der Waals surface area contributed by atoms with E-state index in [1.807, 2.05) is 50.2 Å². The van der Waals surface area contributed by atoms with Crippen molar-refractivity contribution in [3.63, 3.8) is 0 Å². The van der Waals surface area contributed by atoms with Crippen LogP contribution in [0.15, 0.2) is 42.5 Å². The third-order valence-electron chi connectivity index (χ3n) is 5.81. The van der Waals surface area contributed by atoms with Crippen LogP contribution >= 0.6 is 11.6 Å². The first-order valence-corrected chi connectivity index (χ1v) is 13.1. The van der Waals surface area contributed by atoms with E-state index in [9.17, 15) is 14.4 Å². The number of nitrogens with one attached hydrogen (secondary N) is 2. The summed E-state index contributed by atoms with van der Waals surface area (Å²) in [6.07, 6.45) is 1.87. The molecule has 2 N–H and O–H groups in total. The predicted molar refractivity (Wildman–Crippen MR) is 149 cm³/mol. The van der Waals surface area contributed by atoms with Gasteiger partial charge in [-0.2, -0.15) is 0 Å². The Morgan fingerprint density at radius 2 is 1.68 bits per heavy atom. The van der Waals surface area contributed by atoms with Crippen LogP contribution in [0.2, 0.25) is 5.02 Å². The van der Waals surface area contributed by atoms with Crippen molar-refractivity contribution < 1.29 is 19.1 Å². The van der Waals surface area contributed by atoms with Crippen molar-refractivity contribution in [3.8, 4) is 0 Å². The highest BCUT2D eigenvalue weighted by Crippen LogP contribution is 2.29. The molecular weight excluding hydrogens is 490 g/mol. The van der Waals surface area contributed by atoms with Crippen LogP contribution in [0.25, 0.3) is 0 Å². The lowest BCUT2D eigenvalue weighted by molar-refractivity contribution is -0.140. The first-order chi connectivity index (χ1) is 17.3. The summed E-state index contributed by atoms with van der Waals surface area (Å²) in [6, 6.07) is 11.1. The highest BCUT2D eigenvalue weighted by molar-refractivity contribution is 6.34. The summed E-state index contributed by atoms with van der Waals surface area (Å²) in [6.45, 7) is 13.1. The number of para-hydroxylation sites is 1. The minimum atomic E-state index is -0.927. The van der Waals surface area contributed by atoms with Crippen LogP contribution in [0.5, 0.6) is 0 Å². The number of aryl methyl sites for hydroxylation is 2. The van der Waals surface area contributed by atoms with E-state index in [2.05, 4.69) is 17.6 Å². The number of nitrogens with zero attached hydrogens (tertiary/aromatic N) is 1. The normalized spacial score (nSPS) is 12.9. The number of anilines is 1. The lowest BCUT2D eigenvalue weighted by atomic mass is 10.0. The summed E-state index contributed by atoms with van der Waals surface area (Å²) in [5.74, 6) is -0.757. The Bertz CT molecular complexity index is 1060. The number of rotatable bonds is 10.